The van der Waals surface area contributed by atoms with Crippen molar-refractivity contribution in [2.75, 3.05) is 13.1 Å². The highest BCUT2D eigenvalue weighted by atomic mass is 16.5. The van der Waals surface area contributed by atoms with E-state index < -0.39 is 0 Å². The van der Waals surface area contributed by atoms with E-state index in [1.807, 2.05) is 4.90 Å². The largest absolute Gasteiger partial charge is 0.373 e. The normalized spacial score (nSPS) is 46.1. The molecule has 24 heavy (non-hydrogen) atoms. The summed E-state index contributed by atoms with van der Waals surface area (Å²) in [5, 5.41) is 0. The summed E-state index contributed by atoms with van der Waals surface area (Å²) in [6.45, 7) is 0.592. The van der Waals surface area contributed by atoms with Gasteiger partial charge >= 0.3 is 0 Å². The van der Waals surface area contributed by atoms with Gasteiger partial charge in [0, 0.05) is 18.6 Å². The van der Waals surface area contributed by atoms with Gasteiger partial charge < -0.3 is 15.4 Å². The minimum atomic E-state index is -0.357. The zero-order valence-corrected chi connectivity index (χ0v) is 13.6. The van der Waals surface area contributed by atoms with Crippen molar-refractivity contribution in [3.05, 3.63) is 0 Å². The first kappa shape index (κ1) is 14.8. The number of nitrogens with zero attached hydrogens (tertiary/aromatic N) is 2. The number of imide groups is 1. The predicted octanol–water partition coefficient (Wildman–Crippen LogP) is -0.513. The number of nitrogens with two attached hydrogens (primary N) is 1. The van der Waals surface area contributed by atoms with Gasteiger partial charge in [0.05, 0.1) is 24.0 Å². The monoisotopic (exact) mass is 333 g/mol. The molecule has 6 aliphatic rings. The number of carbonyl (C=O) groups excluding carboxylic acids is 3. The van der Waals surface area contributed by atoms with Gasteiger partial charge in [-0.2, -0.15) is 0 Å². The molecule has 1 saturated carbocycles. The van der Waals surface area contributed by atoms with E-state index in [0.717, 1.165) is 32.1 Å². The number of amides is 3. The van der Waals surface area contributed by atoms with Crippen LogP contribution in [0.25, 0.3) is 0 Å². The number of piperidine rings is 2. The van der Waals surface area contributed by atoms with E-state index in [9.17, 15) is 14.4 Å². The maximum atomic E-state index is 12.8. The third kappa shape index (κ3) is 1.88. The van der Waals surface area contributed by atoms with Crippen molar-refractivity contribution in [1.29, 1.82) is 0 Å². The maximum Gasteiger partial charge on any atom is 0.243 e. The summed E-state index contributed by atoms with van der Waals surface area (Å²) in [7, 11) is 0. The molecule has 6 rings (SSSR count). The lowest BCUT2D eigenvalue weighted by atomic mass is 9.77. The molecule has 3 amide bonds. The standard InChI is InChI=1S/C17H23N3O4/c18-9-5-8-1-2-10(9)19(6-8)13(21)7-20-16(22)14-11-3-4-12(24-11)15(14)17(20)23/h8-12,14-15H,1-7,18H2. The lowest BCUT2D eigenvalue weighted by Gasteiger charge is -2.49. The quantitative estimate of drug-likeness (QED) is 0.687. The second kappa shape index (κ2) is 5.02. The third-order valence-electron chi connectivity index (χ3n) is 6.81. The summed E-state index contributed by atoms with van der Waals surface area (Å²) >= 11 is 0. The molecule has 0 aromatic heterocycles. The molecule has 0 radical (unpaired) electrons. The summed E-state index contributed by atoms with van der Waals surface area (Å²) < 4.78 is 5.72. The van der Waals surface area contributed by atoms with Crippen molar-refractivity contribution in [1.82, 2.24) is 9.80 Å². The molecule has 5 saturated heterocycles. The molecule has 7 nitrogen and oxygen atoms in total. The first-order valence-electron chi connectivity index (χ1n) is 9.10. The van der Waals surface area contributed by atoms with Gasteiger partial charge in [-0.25, -0.2) is 0 Å². The van der Waals surface area contributed by atoms with E-state index in [-0.39, 0.29) is 60.4 Å². The van der Waals surface area contributed by atoms with Crippen molar-refractivity contribution in [3.8, 4) is 0 Å². The first-order chi connectivity index (χ1) is 11.5. The highest BCUT2D eigenvalue weighted by molar-refractivity contribution is 6.08. The van der Waals surface area contributed by atoms with E-state index in [2.05, 4.69) is 0 Å². The lowest BCUT2D eigenvalue weighted by molar-refractivity contribution is -0.151. The molecule has 7 atom stereocenters. The van der Waals surface area contributed by atoms with Crippen LogP contribution in [0.2, 0.25) is 0 Å². The van der Waals surface area contributed by atoms with Gasteiger partial charge in [0.1, 0.15) is 6.54 Å². The Morgan fingerprint density at radius 3 is 2.33 bits per heavy atom. The molecule has 2 N–H and O–H groups in total. The van der Waals surface area contributed by atoms with Crippen LogP contribution in [0.1, 0.15) is 32.1 Å². The number of rotatable bonds is 2. The van der Waals surface area contributed by atoms with Crippen LogP contribution < -0.4 is 5.73 Å². The number of ether oxygens (including phenoxy) is 1. The Hall–Kier alpha value is -1.47. The van der Waals surface area contributed by atoms with Crippen molar-refractivity contribution in [3.63, 3.8) is 0 Å². The summed E-state index contributed by atoms with van der Waals surface area (Å²) in [5.74, 6) is -0.806. The van der Waals surface area contributed by atoms with Gasteiger partial charge in [-0.3, -0.25) is 19.3 Å². The number of likely N-dealkylation sites (tertiary alicyclic amines) is 1. The van der Waals surface area contributed by atoms with Crippen molar-refractivity contribution >= 4 is 17.7 Å². The highest BCUT2D eigenvalue weighted by Crippen LogP contribution is 2.48. The molecule has 0 aromatic carbocycles. The lowest BCUT2D eigenvalue weighted by Crippen LogP contribution is -2.62. The fraction of sp³-hybridized carbons (Fsp3) is 0.824. The highest BCUT2D eigenvalue weighted by Gasteiger charge is 2.62. The fourth-order valence-electron chi connectivity index (χ4n) is 5.69. The molecule has 7 heteroatoms. The Balaban J connectivity index is 1.32. The molecule has 130 valence electrons. The van der Waals surface area contributed by atoms with E-state index in [4.69, 9.17) is 10.5 Å². The summed E-state index contributed by atoms with van der Waals surface area (Å²) in [6, 6.07) is 0.0874. The van der Waals surface area contributed by atoms with Gasteiger partial charge in [0.25, 0.3) is 0 Å². The average molecular weight is 333 g/mol. The van der Waals surface area contributed by atoms with Gasteiger partial charge in [0.15, 0.2) is 0 Å². The van der Waals surface area contributed by atoms with Crippen molar-refractivity contribution in [2.45, 2.75) is 56.4 Å². The predicted molar refractivity (Wildman–Crippen MR) is 82.4 cm³/mol. The zero-order chi connectivity index (χ0) is 16.6. The molecular formula is C17H23N3O4. The minimum absolute atomic E-state index is 0.0232. The Bertz CT molecular complexity index is 595. The molecule has 0 aromatic rings. The van der Waals surface area contributed by atoms with Crippen LogP contribution in [-0.4, -0.2) is 64.9 Å². The smallest absolute Gasteiger partial charge is 0.243 e. The molecule has 4 bridgehead atoms. The van der Waals surface area contributed by atoms with Crippen LogP contribution >= 0.6 is 0 Å². The Labute approximate surface area is 140 Å². The molecule has 5 heterocycles. The van der Waals surface area contributed by atoms with Gasteiger partial charge in [-0.1, -0.05) is 0 Å². The number of hydrogen-bond acceptors (Lipinski definition) is 5. The average Bonchev–Trinajstić information content (AvgIpc) is 3.25. The maximum absolute atomic E-state index is 12.8. The molecule has 1 aliphatic carbocycles. The van der Waals surface area contributed by atoms with Crippen LogP contribution in [-0.2, 0) is 19.1 Å². The molecule has 6 fully saturated rings. The summed E-state index contributed by atoms with van der Waals surface area (Å²) in [6.07, 6.45) is 4.46. The third-order valence-corrected chi connectivity index (χ3v) is 6.81. The summed E-state index contributed by atoms with van der Waals surface area (Å²) in [5.41, 5.74) is 6.17. The van der Waals surface area contributed by atoms with Gasteiger partial charge in [-0.05, 0) is 38.0 Å². The van der Waals surface area contributed by atoms with Crippen LogP contribution in [0.5, 0.6) is 0 Å². The second-order valence-corrected chi connectivity index (χ2v) is 8.06. The Morgan fingerprint density at radius 2 is 1.75 bits per heavy atom. The van der Waals surface area contributed by atoms with Crippen LogP contribution in [0.15, 0.2) is 0 Å². The van der Waals surface area contributed by atoms with Gasteiger partial charge in [0.2, 0.25) is 17.7 Å². The second-order valence-electron chi connectivity index (χ2n) is 8.06. The van der Waals surface area contributed by atoms with E-state index in [0.29, 0.717) is 12.5 Å². The van der Waals surface area contributed by atoms with Crippen LogP contribution in [0, 0.1) is 17.8 Å². The molecule has 7 unspecified atom stereocenters. The zero-order valence-electron chi connectivity index (χ0n) is 13.6. The van der Waals surface area contributed by atoms with E-state index in [1.54, 1.807) is 0 Å². The van der Waals surface area contributed by atoms with E-state index >= 15 is 0 Å². The Kier molecular flexibility index (Phi) is 3.10. The molecular weight excluding hydrogens is 310 g/mol. The molecule has 5 aliphatic heterocycles. The van der Waals surface area contributed by atoms with Crippen molar-refractivity contribution < 1.29 is 19.1 Å². The fourth-order valence-corrected chi connectivity index (χ4v) is 5.69. The first-order valence-corrected chi connectivity index (χ1v) is 9.10. The van der Waals surface area contributed by atoms with Crippen molar-refractivity contribution in [2.24, 2.45) is 23.5 Å². The van der Waals surface area contributed by atoms with Crippen LogP contribution in [0.3, 0.4) is 0 Å². The SMILES string of the molecule is NC1CC2CCC1N(C(=O)CN1C(=O)C3C4CCC(O4)C3C1=O)C2. The van der Waals surface area contributed by atoms with E-state index in [1.165, 1.54) is 4.90 Å². The topological polar surface area (TPSA) is 92.9 Å². The Morgan fingerprint density at radius 1 is 1.08 bits per heavy atom. The number of carbonyl (C=O) groups is 3. The number of hydrogen-bond donors (Lipinski definition) is 1. The van der Waals surface area contributed by atoms with Crippen LogP contribution in [0.4, 0.5) is 0 Å². The minimum Gasteiger partial charge on any atom is -0.373 e. The molecule has 0 spiro atoms. The summed E-state index contributed by atoms with van der Waals surface area (Å²) in [4.78, 5) is 41.1. The van der Waals surface area contributed by atoms with Gasteiger partial charge in [-0.15, -0.1) is 0 Å². The number of fused-ring (bicyclic) bond motifs is 8.